The molecule has 1 aromatic carbocycles. The van der Waals surface area contributed by atoms with Crippen molar-refractivity contribution in [1.29, 1.82) is 0 Å². The summed E-state index contributed by atoms with van der Waals surface area (Å²) < 4.78 is 5.65. The first kappa shape index (κ1) is 19.0. The first-order valence-electron chi connectivity index (χ1n) is 8.74. The molecule has 8 heteroatoms. The predicted octanol–water partition coefficient (Wildman–Crippen LogP) is 2.03. The highest BCUT2D eigenvalue weighted by Crippen LogP contribution is 2.25. The number of ether oxygens (including phenoxy) is 1. The number of carbonyl (C=O) groups is 2. The van der Waals surface area contributed by atoms with Gasteiger partial charge in [0.2, 0.25) is 0 Å². The Morgan fingerprint density at radius 2 is 2.15 bits per heavy atom. The molecule has 1 N–H and O–H groups in total. The molecule has 2 heterocycles. The molecule has 0 aliphatic carbocycles. The van der Waals surface area contributed by atoms with Gasteiger partial charge in [-0.05, 0) is 55.6 Å². The highest BCUT2D eigenvalue weighted by atomic mass is 32.2. The second-order valence-electron chi connectivity index (χ2n) is 6.33. The van der Waals surface area contributed by atoms with Gasteiger partial charge in [0, 0.05) is 19.2 Å². The van der Waals surface area contributed by atoms with Gasteiger partial charge in [-0.3, -0.25) is 14.5 Å². The van der Waals surface area contributed by atoms with E-state index in [4.69, 9.17) is 17.0 Å². The van der Waals surface area contributed by atoms with Crippen molar-refractivity contribution in [3.05, 3.63) is 24.3 Å². The summed E-state index contributed by atoms with van der Waals surface area (Å²) in [5, 5.41) is 3.50. The van der Waals surface area contributed by atoms with Crippen molar-refractivity contribution < 1.29 is 14.3 Å². The summed E-state index contributed by atoms with van der Waals surface area (Å²) >= 11 is 7.04. The van der Waals surface area contributed by atoms with Crippen molar-refractivity contribution in [1.82, 2.24) is 10.2 Å². The molecule has 0 spiro atoms. The van der Waals surface area contributed by atoms with Crippen LogP contribution >= 0.6 is 24.0 Å². The molecule has 0 radical (unpaired) electrons. The molecule has 2 amide bonds. The molecule has 26 heavy (non-hydrogen) atoms. The van der Waals surface area contributed by atoms with Gasteiger partial charge in [-0.2, -0.15) is 11.8 Å². The predicted molar refractivity (Wildman–Crippen MR) is 108 cm³/mol. The maximum absolute atomic E-state index is 12.6. The summed E-state index contributed by atoms with van der Waals surface area (Å²) in [7, 11) is 0. The van der Waals surface area contributed by atoms with E-state index in [0.29, 0.717) is 16.5 Å². The summed E-state index contributed by atoms with van der Waals surface area (Å²) in [5.74, 6) is 1.40. The lowest BCUT2D eigenvalue weighted by Crippen LogP contribution is -2.32. The monoisotopic (exact) mass is 393 g/mol. The van der Waals surface area contributed by atoms with Crippen LogP contribution < -0.4 is 15.0 Å². The SMILES string of the molecule is CSCCC1NC(=S)N(c2cccc(OCC(=O)N3CCCC3)c2)C1=O. The minimum absolute atomic E-state index is 0.000492. The van der Waals surface area contributed by atoms with Crippen LogP contribution in [0.4, 0.5) is 5.69 Å². The topological polar surface area (TPSA) is 61.9 Å². The van der Waals surface area contributed by atoms with E-state index in [0.717, 1.165) is 38.1 Å². The van der Waals surface area contributed by atoms with Crippen molar-refractivity contribution in [3.8, 4) is 5.75 Å². The number of nitrogens with one attached hydrogen (secondary N) is 1. The van der Waals surface area contributed by atoms with E-state index in [-0.39, 0.29) is 24.5 Å². The van der Waals surface area contributed by atoms with Crippen LogP contribution in [0, 0.1) is 0 Å². The number of hydrogen-bond acceptors (Lipinski definition) is 5. The van der Waals surface area contributed by atoms with Gasteiger partial charge in [0.25, 0.3) is 11.8 Å². The number of anilines is 1. The summed E-state index contributed by atoms with van der Waals surface area (Å²) in [4.78, 5) is 28.1. The van der Waals surface area contributed by atoms with Gasteiger partial charge >= 0.3 is 0 Å². The van der Waals surface area contributed by atoms with E-state index in [1.807, 2.05) is 17.2 Å². The van der Waals surface area contributed by atoms with E-state index >= 15 is 0 Å². The molecular weight excluding hydrogens is 370 g/mol. The molecule has 6 nitrogen and oxygen atoms in total. The molecule has 140 valence electrons. The summed E-state index contributed by atoms with van der Waals surface area (Å²) in [6.07, 6.45) is 4.86. The Balaban J connectivity index is 1.64. The second-order valence-corrected chi connectivity index (χ2v) is 7.70. The van der Waals surface area contributed by atoms with Crippen molar-refractivity contribution >= 4 is 46.6 Å². The van der Waals surface area contributed by atoms with Crippen LogP contribution in [0.25, 0.3) is 0 Å². The number of nitrogens with zero attached hydrogens (tertiary/aromatic N) is 2. The fraction of sp³-hybridized carbons (Fsp3) is 0.500. The van der Waals surface area contributed by atoms with Crippen LogP contribution in [-0.2, 0) is 9.59 Å². The molecule has 0 aromatic heterocycles. The van der Waals surface area contributed by atoms with Gasteiger partial charge in [0.15, 0.2) is 11.7 Å². The fourth-order valence-electron chi connectivity index (χ4n) is 3.12. The van der Waals surface area contributed by atoms with Gasteiger partial charge in [-0.25, -0.2) is 0 Å². The number of amides is 2. The molecule has 2 fully saturated rings. The summed E-state index contributed by atoms with van der Waals surface area (Å²) in [5.41, 5.74) is 0.658. The zero-order chi connectivity index (χ0) is 18.5. The van der Waals surface area contributed by atoms with Crippen LogP contribution in [0.2, 0.25) is 0 Å². The molecule has 0 bridgehead atoms. The number of thiocarbonyl (C=S) groups is 1. The van der Waals surface area contributed by atoms with Crippen molar-refractivity contribution in [2.24, 2.45) is 0 Å². The molecule has 0 saturated carbocycles. The average Bonchev–Trinajstić information content (AvgIpc) is 3.27. The van der Waals surface area contributed by atoms with Gasteiger partial charge < -0.3 is 15.0 Å². The Morgan fingerprint density at radius 1 is 1.38 bits per heavy atom. The van der Waals surface area contributed by atoms with Crippen molar-refractivity contribution in [2.45, 2.75) is 25.3 Å². The zero-order valence-corrected chi connectivity index (χ0v) is 16.4. The molecule has 1 unspecified atom stereocenters. The third-order valence-corrected chi connectivity index (χ3v) is 5.47. The number of thioether (sulfide) groups is 1. The normalized spacial score (nSPS) is 19.8. The first-order chi connectivity index (χ1) is 12.6. The van der Waals surface area contributed by atoms with Gasteiger partial charge in [0.05, 0.1) is 5.69 Å². The smallest absolute Gasteiger partial charge is 0.260 e. The highest BCUT2D eigenvalue weighted by molar-refractivity contribution is 7.98. The van der Waals surface area contributed by atoms with Crippen LogP contribution in [0.3, 0.4) is 0 Å². The first-order valence-corrected chi connectivity index (χ1v) is 10.5. The Kier molecular flexibility index (Phi) is 6.37. The van der Waals surface area contributed by atoms with E-state index in [1.165, 1.54) is 4.90 Å². The van der Waals surface area contributed by atoms with E-state index in [9.17, 15) is 9.59 Å². The largest absolute Gasteiger partial charge is 0.484 e. The Morgan fingerprint density at radius 3 is 2.88 bits per heavy atom. The minimum Gasteiger partial charge on any atom is -0.484 e. The standard InChI is InChI=1S/C18H23N3O3S2/c1-26-10-7-15-17(23)21(18(25)19-15)13-5-4-6-14(11-13)24-12-16(22)20-8-2-3-9-20/h4-6,11,15H,2-3,7-10,12H2,1H3,(H,19,25). The van der Waals surface area contributed by atoms with E-state index in [2.05, 4.69) is 5.32 Å². The lowest BCUT2D eigenvalue weighted by Gasteiger charge is -2.18. The van der Waals surface area contributed by atoms with Crippen molar-refractivity contribution in [3.63, 3.8) is 0 Å². The van der Waals surface area contributed by atoms with Crippen LogP contribution in [0.15, 0.2) is 24.3 Å². The number of benzene rings is 1. The second kappa shape index (κ2) is 8.73. The molecule has 2 saturated heterocycles. The van der Waals surface area contributed by atoms with E-state index in [1.54, 1.807) is 30.0 Å². The van der Waals surface area contributed by atoms with Crippen molar-refractivity contribution in [2.75, 3.05) is 36.6 Å². The highest BCUT2D eigenvalue weighted by Gasteiger charge is 2.36. The Labute approximate surface area is 163 Å². The minimum atomic E-state index is -0.281. The van der Waals surface area contributed by atoms with Gasteiger partial charge in [-0.1, -0.05) is 6.07 Å². The average molecular weight is 394 g/mol. The third kappa shape index (κ3) is 4.29. The number of likely N-dealkylation sites (tertiary alicyclic amines) is 1. The van der Waals surface area contributed by atoms with Crippen LogP contribution in [0.1, 0.15) is 19.3 Å². The lowest BCUT2D eigenvalue weighted by atomic mass is 10.2. The van der Waals surface area contributed by atoms with E-state index < -0.39 is 0 Å². The summed E-state index contributed by atoms with van der Waals surface area (Å²) in [6, 6.07) is 6.87. The van der Waals surface area contributed by atoms with Gasteiger partial charge in [-0.15, -0.1) is 0 Å². The maximum Gasteiger partial charge on any atom is 0.260 e. The molecule has 1 atom stereocenters. The molecular formula is C18H23N3O3S2. The van der Waals surface area contributed by atoms with Crippen LogP contribution in [-0.4, -0.2) is 59.6 Å². The lowest BCUT2D eigenvalue weighted by molar-refractivity contribution is -0.132. The van der Waals surface area contributed by atoms with Gasteiger partial charge in [0.1, 0.15) is 11.8 Å². The fourth-order valence-corrected chi connectivity index (χ4v) is 3.93. The molecule has 2 aliphatic rings. The number of hydrogen-bond donors (Lipinski definition) is 1. The third-order valence-electron chi connectivity index (χ3n) is 4.53. The number of carbonyl (C=O) groups excluding carboxylic acids is 2. The zero-order valence-electron chi connectivity index (χ0n) is 14.8. The molecule has 1 aromatic rings. The molecule has 3 rings (SSSR count). The molecule has 2 aliphatic heterocycles. The Bertz CT molecular complexity index is 692. The quantitative estimate of drug-likeness (QED) is 0.716. The van der Waals surface area contributed by atoms with Crippen LogP contribution in [0.5, 0.6) is 5.75 Å². The maximum atomic E-state index is 12.6. The summed E-state index contributed by atoms with van der Waals surface area (Å²) in [6.45, 7) is 1.63. The number of rotatable bonds is 7. The Hall–Kier alpha value is -1.80.